The quantitative estimate of drug-likeness (QED) is 0.508. The number of aliphatic carboxylic acids is 1. The van der Waals surface area contributed by atoms with Gasteiger partial charge in [-0.3, -0.25) is 9.59 Å². The summed E-state index contributed by atoms with van der Waals surface area (Å²) in [5.74, 6) is -2.19. The molecule has 7 heteroatoms. The summed E-state index contributed by atoms with van der Waals surface area (Å²) in [6.45, 7) is 0. The average Bonchev–Trinajstić information content (AvgIpc) is 2.34. The zero-order valence-corrected chi connectivity index (χ0v) is 10.8. The van der Waals surface area contributed by atoms with Gasteiger partial charge in [0, 0.05) is 18.4 Å². The van der Waals surface area contributed by atoms with Crippen LogP contribution in [0.3, 0.4) is 0 Å². The number of carboxylic acid groups (broad SMARTS) is 1. The van der Waals surface area contributed by atoms with E-state index >= 15 is 0 Å². The molecule has 0 spiro atoms. The molecule has 1 rings (SSSR count). The molecule has 108 valence electrons. The Labute approximate surface area is 111 Å². The molecule has 0 unspecified atom stereocenters. The Morgan fingerprint density at radius 2 is 1.79 bits per heavy atom. The summed E-state index contributed by atoms with van der Waals surface area (Å²) in [5.41, 5.74) is 10.7. The van der Waals surface area contributed by atoms with Gasteiger partial charge in [-0.25, -0.2) is 4.79 Å². The van der Waals surface area contributed by atoms with Crippen LogP contribution in [-0.4, -0.2) is 35.0 Å². The minimum atomic E-state index is -1.15. The highest BCUT2D eigenvalue weighted by Crippen LogP contribution is 2.23. The molecule has 1 aliphatic rings. The molecular formula is C12H21N3O4. The molecule has 0 radical (unpaired) electrons. The van der Waals surface area contributed by atoms with E-state index in [0.29, 0.717) is 12.8 Å². The summed E-state index contributed by atoms with van der Waals surface area (Å²) in [4.78, 5) is 33.6. The van der Waals surface area contributed by atoms with Crippen molar-refractivity contribution in [3.63, 3.8) is 0 Å². The van der Waals surface area contributed by atoms with Crippen LogP contribution in [0.15, 0.2) is 0 Å². The van der Waals surface area contributed by atoms with Crippen molar-refractivity contribution in [1.82, 2.24) is 5.32 Å². The van der Waals surface area contributed by atoms with E-state index in [2.05, 4.69) is 5.32 Å². The number of hydrogen-bond acceptors (Lipinski definition) is 4. The van der Waals surface area contributed by atoms with Crippen molar-refractivity contribution in [2.45, 2.75) is 50.6 Å². The predicted molar refractivity (Wildman–Crippen MR) is 67.9 cm³/mol. The number of carbonyl (C=O) groups excluding carboxylic acids is 2. The van der Waals surface area contributed by atoms with Gasteiger partial charge in [-0.1, -0.05) is 0 Å². The van der Waals surface area contributed by atoms with Crippen molar-refractivity contribution in [2.24, 2.45) is 17.4 Å². The summed E-state index contributed by atoms with van der Waals surface area (Å²) < 4.78 is 0. The van der Waals surface area contributed by atoms with Crippen LogP contribution in [-0.2, 0) is 14.4 Å². The number of nitrogens with one attached hydrogen (secondary N) is 1. The topological polar surface area (TPSA) is 136 Å². The molecule has 0 heterocycles. The van der Waals surface area contributed by atoms with Gasteiger partial charge in [-0.2, -0.15) is 0 Å². The molecule has 0 bridgehead atoms. The van der Waals surface area contributed by atoms with Gasteiger partial charge in [-0.05, 0) is 32.1 Å². The number of carboxylic acids is 1. The van der Waals surface area contributed by atoms with E-state index in [9.17, 15) is 14.4 Å². The Balaban J connectivity index is 2.46. The second-order valence-electron chi connectivity index (χ2n) is 5.02. The third-order valence-electron chi connectivity index (χ3n) is 3.44. The fourth-order valence-electron chi connectivity index (χ4n) is 2.21. The van der Waals surface area contributed by atoms with E-state index in [-0.39, 0.29) is 30.7 Å². The minimum Gasteiger partial charge on any atom is -0.480 e. The van der Waals surface area contributed by atoms with E-state index in [0.717, 1.165) is 12.8 Å². The summed E-state index contributed by atoms with van der Waals surface area (Å²) in [5, 5.41) is 11.5. The maximum absolute atomic E-state index is 11.9. The number of carbonyl (C=O) groups is 3. The standard InChI is InChI=1S/C12H21N3O4/c13-8-3-1-7(2-4-8)11(17)15-9(12(18)19)5-6-10(14)16/h7-9H,1-6,13H2,(H2,14,16)(H,15,17)(H,18,19)/t7?,8?,9-/m0/s1. The molecule has 7 nitrogen and oxygen atoms in total. The first-order valence-electron chi connectivity index (χ1n) is 6.47. The van der Waals surface area contributed by atoms with E-state index in [4.69, 9.17) is 16.6 Å². The number of hydrogen-bond donors (Lipinski definition) is 4. The summed E-state index contributed by atoms with van der Waals surface area (Å²) >= 11 is 0. The van der Waals surface area contributed by atoms with Gasteiger partial charge in [-0.15, -0.1) is 0 Å². The smallest absolute Gasteiger partial charge is 0.326 e. The van der Waals surface area contributed by atoms with E-state index in [1.807, 2.05) is 0 Å². The van der Waals surface area contributed by atoms with Crippen molar-refractivity contribution in [3.8, 4) is 0 Å². The lowest BCUT2D eigenvalue weighted by Gasteiger charge is -2.26. The summed E-state index contributed by atoms with van der Waals surface area (Å²) in [6.07, 6.45) is 2.86. The van der Waals surface area contributed by atoms with Crippen LogP contribution in [0.25, 0.3) is 0 Å². The first-order chi connectivity index (χ1) is 8.90. The third kappa shape index (κ3) is 5.25. The van der Waals surface area contributed by atoms with Crippen LogP contribution in [0.4, 0.5) is 0 Å². The van der Waals surface area contributed by atoms with E-state index < -0.39 is 17.9 Å². The summed E-state index contributed by atoms with van der Waals surface area (Å²) in [7, 11) is 0. The van der Waals surface area contributed by atoms with Crippen LogP contribution in [0, 0.1) is 5.92 Å². The first kappa shape index (κ1) is 15.4. The maximum atomic E-state index is 11.9. The molecule has 0 aromatic heterocycles. The highest BCUT2D eigenvalue weighted by Gasteiger charge is 2.28. The van der Waals surface area contributed by atoms with Gasteiger partial charge >= 0.3 is 5.97 Å². The average molecular weight is 271 g/mol. The molecule has 19 heavy (non-hydrogen) atoms. The van der Waals surface area contributed by atoms with Crippen molar-refractivity contribution in [2.75, 3.05) is 0 Å². The van der Waals surface area contributed by atoms with Crippen LogP contribution in [0.5, 0.6) is 0 Å². The Kier molecular flexibility index (Phi) is 5.75. The lowest BCUT2D eigenvalue weighted by molar-refractivity contribution is -0.143. The fraction of sp³-hybridized carbons (Fsp3) is 0.750. The molecule has 6 N–H and O–H groups in total. The molecule has 0 aromatic rings. The lowest BCUT2D eigenvalue weighted by Crippen LogP contribution is -2.45. The van der Waals surface area contributed by atoms with Crippen molar-refractivity contribution in [3.05, 3.63) is 0 Å². The zero-order chi connectivity index (χ0) is 14.4. The normalized spacial score (nSPS) is 24.5. The Hall–Kier alpha value is -1.63. The molecule has 2 amide bonds. The van der Waals surface area contributed by atoms with E-state index in [1.165, 1.54) is 0 Å². The molecule has 0 aromatic carbocycles. The first-order valence-corrected chi connectivity index (χ1v) is 6.47. The number of rotatable bonds is 6. The van der Waals surface area contributed by atoms with Crippen LogP contribution in [0.2, 0.25) is 0 Å². The van der Waals surface area contributed by atoms with Gasteiger partial charge in [0.15, 0.2) is 0 Å². The van der Waals surface area contributed by atoms with Crippen molar-refractivity contribution < 1.29 is 19.5 Å². The molecule has 0 saturated heterocycles. The largest absolute Gasteiger partial charge is 0.480 e. The minimum absolute atomic E-state index is 0.0165. The molecular weight excluding hydrogens is 250 g/mol. The maximum Gasteiger partial charge on any atom is 0.326 e. The Bertz CT molecular complexity index is 351. The SMILES string of the molecule is NC(=O)CC[C@H](NC(=O)C1CCC(N)CC1)C(=O)O. The second-order valence-corrected chi connectivity index (χ2v) is 5.02. The predicted octanol–water partition coefficient (Wildman–Crippen LogP) is -0.661. The molecule has 0 aliphatic heterocycles. The fourth-order valence-corrected chi connectivity index (χ4v) is 2.21. The second kappa shape index (κ2) is 7.08. The highest BCUT2D eigenvalue weighted by molar-refractivity contribution is 5.85. The lowest BCUT2D eigenvalue weighted by atomic mass is 9.85. The molecule has 1 fully saturated rings. The van der Waals surface area contributed by atoms with Crippen LogP contribution >= 0.6 is 0 Å². The van der Waals surface area contributed by atoms with Gasteiger partial charge in [0.05, 0.1) is 0 Å². The van der Waals surface area contributed by atoms with Gasteiger partial charge in [0.1, 0.15) is 6.04 Å². The summed E-state index contributed by atoms with van der Waals surface area (Å²) in [6, 6.07) is -0.926. The Morgan fingerprint density at radius 1 is 1.21 bits per heavy atom. The van der Waals surface area contributed by atoms with Gasteiger partial charge in [0.2, 0.25) is 11.8 Å². The zero-order valence-electron chi connectivity index (χ0n) is 10.8. The number of nitrogens with two attached hydrogens (primary N) is 2. The number of amides is 2. The third-order valence-corrected chi connectivity index (χ3v) is 3.44. The van der Waals surface area contributed by atoms with E-state index in [1.54, 1.807) is 0 Å². The Morgan fingerprint density at radius 3 is 2.26 bits per heavy atom. The van der Waals surface area contributed by atoms with Crippen molar-refractivity contribution in [1.29, 1.82) is 0 Å². The van der Waals surface area contributed by atoms with Gasteiger partial charge in [0.25, 0.3) is 0 Å². The van der Waals surface area contributed by atoms with Gasteiger partial charge < -0.3 is 21.9 Å². The van der Waals surface area contributed by atoms with Crippen LogP contribution < -0.4 is 16.8 Å². The molecule has 1 saturated carbocycles. The van der Waals surface area contributed by atoms with Crippen LogP contribution in [0.1, 0.15) is 38.5 Å². The highest BCUT2D eigenvalue weighted by atomic mass is 16.4. The number of primary amides is 1. The monoisotopic (exact) mass is 271 g/mol. The van der Waals surface area contributed by atoms with Crippen molar-refractivity contribution >= 4 is 17.8 Å². The molecule has 1 atom stereocenters. The molecule has 1 aliphatic carbocycles.